The summed E-state index contributed by atoms with van der Waals surface area (Å²) in [7, 11) is 9.37. The van der Waals surface area contributed by atoms with E-state index in [1.807, 2.05) is 0 Å². The summed E-state index contributed by atoms with van der Waals surface area (Å²) in [6.07, 6.45) is 17.6. The van der Waals surface area contributed by atoms with E-state index in [0.29, 0.717) is 5.76 Å². The van der Waals surface area contributed by atoms with Crippen LogP contribution in [0, 0.1) is 0 Å². The van der Waals surface area contributed by atoms with Crippen LogP contribution in [0.4, 0.5) is 0 Å². The lowest BCUT2D eigenvalue weighted by molar-refractivity contribution is -0.263. The molecule has 6 nitrogen and oxygen atoms in total. The van der Waals surface area contributed by atoms with Crippen molar-refractivity contribution in [3.63, 3.8) is 0 Å². The van der Waals surface area contributed by atoms with E-state index < -0.39 is 5.79 Å². The van der Waals surface area contributed by atoms with Gasteiger partial charge in [-0.3, -0.25) is 0 Å². The molecule has 0 bridgehead atoms. The minimum Gasteiger partial charge on any atom is -0.490 e. The number of unbranched alkanes of at least 4 members (excludes halogenated alkanes) is 12. The molecule has 0 fully saturated rings. The highest BCUT2D eigenvalue weighted by Gasteiger charge is 2.48. The Bertz CT molecular complexity index is 428. The molecule has 0 spiro atoms. The van der Waals surface area contributed by atoms with Crippen molar-refractivity contribution in [2.24, 2.45) is 0 Å². The van der Waals surface area contributed by atoms with Gasteiger partial charge in [0.15, 0.2) is 0 Å². The summed E-state index contributed by atoms with van der Waals surface area (Å²) in [5.41, 5.74) is 0. The molecule has 0 aromatic rings. The molecule has 186 valence electrons. The van der Waals surface area contributed by atoms with Crippen LogP contribution in [0.2, 0.25) is 0 Å². The molecule has 0 amide bonds. The monoisotopic (exact) mass is 446 g/mol. The largest absolute Gasteiger partial charge is 0.490 e. The number of ether oxygens (including phenoxy) is 6. The number of rotatable bonds is 22. The number of methoxy groups -OCH3 is 6. The van der Waals surface area contributed by atoms with Crippen LogP contribution in [0.15, 0.2) is 11.7 Å². The molecule has 1 unspecified atom stereocenters. The van der Waals surface area contributed by atoms with Gasteiger partial charge in [0, 0.05) is 21.3 Å². The second-order valence-corrected chi connectivity index (χ2v) is 8.06. The van der Waals surface area contributed by atoms with Gasteiger partial charge in [0.05, 0.1) is 21.3 Å². The van der Waals surface area contributed by atoms with Gasteiger partial charge in [-0.1, -0.05) is 90.4 Å². The highest BCUT2D eigenvalue weighted by molar-refractivity contribution is 5.11. The van der Waals surface area contributed by atoms with E-state index in [9.17, 15) is 0 Å². The first-order valence-electron chi connectivity index (χ1n) is 12.1. The lowest BCUT2D eigenvalue weighted by Crippen LogP contribution is -2.50. The molecule has 0 N–H and O–H groups in total. The molecule has 0 aromatic heterocycles. The van der Waals surface area contributed by atoms with Crippen molar-refractivity contribution in [2.45, 2.75) is 109 Å². The first-order valence-corrected chi connectivity index (χ1v) is 12.1. The molecular weight excluding hydrogens is 396 g/mol. The van der Waals surface area contributed by atoms with Crippen LogP contribution >= 0.6 is 0 Å². The predicted octanol–water partition coefficient (Wildman–Crippen LogP) is 6.58. The van der Waals surface area contributed by atoms with Crippen molar-refractivity contribution in [3.8, 4) is 0 Å². The molecule has 31 heavy (non-hydrogen) atoms. The topological polar surface area (TPSA) is 55.4 Å². The number of hydrogen-bond acceptors (Lipinski definition) is 6. The zero-order valence-corrected chi connectivity index (χ0v) is 21.4. The van der Waals surface area contributed by atoms with Crippen LogP contribution in [0.25, 0.3) is 0 Å². The Balaban J connectivity index is 4.35. The molecule has 0 rings (SSSR count). The molecule has 0 aliphatic heterocycles. The van der Waals surface area contributed by atoms with Gasteiger partial charge in [0.1, 0.15) is 6.10 Å². The average molecular weight is 447 g/mol. The minimum absolute atomic E-state index is 0.207. The SMILES string of the molecule is CCCCCCCCCCCCCCCC(OC)C(OC)(OC)C(OC)=C(OC)OC. The summed E-state index contributed by atoms with van der Waals surface area (Å²) in [5, 5.41) is 0. The Morgan fingerprint density at radius 1 is 0.581 bits per heavy atom. The lowest BCUT2D eigenvalue weighted by Gasteiger charge is -2.37. The van der Waals surface area contributed by atoms with E-state index >= 15 is 0 Å². The van der Waals surface area contributed by atoms with Gasteiger partial charge in [-0.25, -0.2) is 0 Å². The third-order valence-corrected chi connectivity index (χ3v) is 5.96. The van der Waals surface area contributed by atoms with E-state index in [-0.39, 0.29) is 12.0 Å². The molecule has 0 saturated carbocycles. The molecule has 0 aromatic carbocycles. The summed E-state index contributed by atoms with van der Waals surface area (Å²) in [4.78, 5) is 0. The summed E-state index contributed by atoms with van der Waals surface area (Å²) >= 11 is 0. The Morgan fingerprint density at radius 3 is 1.32 bits per heavy atom. The van der Waals surface area contributed by atoms with E-state index in [1.54, 1.807) is 21.3 Å². The molecule has 0 aliphatic carbocycles. The Hall–Kier alpha value is -0.980. The second kappa shape index (κ2) is 19.7. The highest BCUT2D eigenvalue weighted by Crippen LogP contribution is 2.34. The van der Waals surface area contributed by atoms with Gasteiger partial charge in [0.2, 0.25) is 5.76 Å². The second-order valence-electron chi connectivity index (χ2n) is 8.06. The Kier molecular flexibility index (Phi) is 19.1. The quantitative estimate of drug-likeness (QED) is 0.106. The predicted molar refractivity (Wildman–Crippen MR) is 126 cm³/mol. The third kappa shape index (κ3) is 10.9. The maximum Gasteiger partial charge on any atom is 0.324 e. The Labute approximate surface area is 191 Å². The van der Waals surface area contributed by atoms with Gasteiger partial charge in [-0.2, -0.15) is 0 Å². The van der Waals surface area contributed by atoms with Crippen LogP contribution in [0.3, 0.4) is 0 Å². The fraction of sp³-hybridized carbons (Fsp3) is 0.920. The van der Waals surface area contributed by atoms with Crippen LogP contribution in [-0.2, 0) is 28.4 Å². The first kappa shape index (κ1) is 30.0. The summed E-state index contributed by atoms with van der Waals surface area (Å²) in [6, 6.07) is 0. The first-order chi connectivity index (χ1) is 15.1. The third-order valence-electron chi connectivity index (χ3n) is 5.96. The fourth-order valence-corrected chi connectivity index (χ4v) is 4.12. The average Bonchev–Trinajstić information content (AvgIpc) is 2.80. The molecular formula is C25H50O6. The molecule has 0 heterocycles. The van der Waals surface area contributed by atoms with E-state index in [4.69, 9.17) is 28.4 Å². The van der Waals surface area contributed by atoms with E-state index in [2.05, 4.69) is 6.92 Å². The maximum atomic E-state index is 5.75. The molecule has 6 heteroatoms. The lowest BCUT2D eigenvalue weighted by atomic mass is 9.99. The van der Waals surface area contributed by atoms with E-state index in [0.717, 1.165) is 19.3 Å². The van der Waals surface area contributed by atoms with Crippen molar-refractivity contribution in [1.82, 2.24) is 0 Å². The highest BCUT2D eigenvalue weighted by atomic mass is 16.7. The normalized spacial score (nSPS) is 12.5. The number of hydrogen-bond donors (Lipinski definition) is 0. The van der Waals surface area contributed by atoms with Crippen molar-refractivity contribution in [3.05, 3.63) is 11.7 Å². The zero-order chi connectivity index (χ0) is 23.4. The van der Waals surface area contributed by atoms with Gasteiger partial charge >= 0.3 is 5.95 Å². The summed E-state index contributed by atoms with van der Waals surface area (Å²) in [5.74, 6) is -0.704. The summed E-state index contributed by atoms with van der Waals surface area (Å²) in [6.45, 7) is 2.27. The standard InChI is InChI=1S/C25H50O6/c1-8-9-10-11-12-13-14-15-16-17-18-19-20-21-22(26-2)25(30-6,31-7)23(27-3)24(28-4)29-5/h22H,8-21H2,1-7H3. The molecule has 1 atom stereocenters. The van der Waals surface area contributed by atoms with Crippen molar-refractivity contribution in [2.75, 3.05) is 42.7 Å². The zero-order valence-electron chi connectivity index (χ0n) is 21.4. The van der Waals surface area contributed by atoms with Crippen LogP contribution < -0.4 is 0 Å². The fourth-order valence-electron chi connectivity index (χ4n) is 4.12. The van der Waals surface area contributed by atoms with E-state index in [1.165, 1.54) is 92.0 Å². The molecule has 0 radical (unpaired) electrons. The smallest absolute Gasteiger partial charge is 0.324 e. The van der Waals surface area contributed by atoms with Crippen LogP contribution in [0.1, 0.15) is 96.8 Å². The van der Waals surface area contributed by atoms with Crippen molar-refractivity contribution in [1.29, 1.82) is 0 Å². The van der Waals surface area contributed by atoms with Crippen LogP contribution in [-0.4, -0.2) is 54.5 Å². The van der Waals surface area contributed by atoms with Crippen molar-refractivity contribution < 1.29 is 28.4 Å². The van der Waals surface area contributed by atoms with Gasteiger partial charge < -0.3 is 28.4 Å². The van der Waals surface area contributed by atoms with Gasteiger partial charge in [0.25, 0.3) is 5.79 Å². The Morgan fingerprint density at radius 2 is 1.00 bits per heavy atom. The van der Waals surface area contributed by atoms with Crippen molar-refractivity contribution >= 4 is 0 Å². The minimum atomic E-state index is -1.23. The maximum absolute atomic E-state index is 5.75. The van der Waals surface area contributed by atoms with Crippen LogP contribution in [0.5, 0.6) is 0 Å². The van der Waals surface area contributed by atoms with Gasteiger partial charge in [-0.15, -0.1) is 0 Å². The summed E-state index contributed by atoms with van der Waals surface area (Å²) < 4.78 is 33.4. The molecule has 0 aliphatic rings. The van der Waals surface area contributed by atoms with Gasteiger partial charge in [-0.05, 0) is 6.42 Å². The molecule has 0 saturated heterocycles.